The van der Waals surface area contributed by atoms with Crippen LogP contribution in [0.1, 0.15) is 30.4 Å². The summed E-state index contributed by atoms with van der Waals surface area (Å²) >= 11 is 5.89. The van der Waals surface area contributed by atoms with Crippen LogP contribution in [0.15, 0.2) is 30.5 Å². The molecule has 0 atom stereocenters. The van der Waals surface area contributed by atoms with Crippen LogP contribution >= 0.6 is 11.6 Å². The van der Waals surface area contributed by atoms with E-state index in [2.05, 4.69) is 4.98 Å². The largest absolute Gasteiger partial charge is 0.508 e. The van der Waals surface area contributed by atoms with Gasteiger partial charge in [-0.3, -0.25) is 0 Å². The van der Waals surface area contributed by atoms with Gasteiger partial charge in [0.25, 0.3) is 0 Å². The first kappa shape index (κ1) is 22.0. The zero-order chi connectivity index (χ0) is 21.9. The van der Waals surface area contributed by atoms with Crippen molar-refractivity contribution in [3.05, 3.63) is 46.6 Å². The molecule has 0 radical (unpaired) electrons. The maximum Gasteiger partial charge on any atom is 0.417 e. The van der Waals surface area contributed by atoms with Crippen molar-refractivity contribution >= 4 is 17.7 Å². The Morgan fingerprint density at radius 1 is 1.30 bits per heavy atom. The first-order chi connectivity index (χ1) is 14.1. The van der Waals surface area contributed by atoms with Gasteiger partial charge in [0.1, 0.15) is 16.5 Å². The highest BCUT2D eigenvalue weighted by molar-refractivity contribution is 6.31. The standard InChI is InChI=1S/C20H20ClF3N2O4/c21-16-8-14(20(22,23)24)10-25-18(16)30-17-9-15(27)6-5-13(17)2-1-7-26(19(28)29)11-12-3-4-12/h5-6,8-10,12,27H,1-4,7,11H2,(H,28,29). The second-order valence-corrected chi connectivity index (χ2v) is 7.59. The van der Waals surface area contributed by atoms with Crippen molar-refractivity contribution in [2.45, 2.75) is 31.9 Å². The number of alkyl halides is 3. The van der Waals surface area contributed by atoms with Crippen LogP contribution in [-0.4, -0.2) is 39.3 Å². The number of carboxylic acid groups (broad SMARTS) is 1. The number of hydrogen-bond acceptors (Lipinski definition) is 4. The van der Waals surface area contributed by atoms with Gasteiger partial charge in [-0.1, -0.05) is 17.7 Å². The van der Waals surface area contributed by atoms with E-state index < -0.39 is 17.8 Å². The van der Waals surface area contributed by atoms with Gasteiger partial charge in [-0.15, -0.1) is 0 Å². The highest BCUT2D eigenvalue weighted by Crippen LogP contribution is 2.36. The molecule has 1 aromatic carbocycles. The summed E-state index contributed by atoms with van der Waals surface area (Å²) in [7, 11) is 0. The zero-order valence-corrected chi connectivity index (χ0v) is 16.6. The van der Waals surface area contributed by atoms with E-state index in [1.54, 1.807) is 6.07 Å². The number of rotatable bonds is 8. The van der Waals surface area contributed by atoms with Gasteiger partial charge in [-0.05, 0) is 49.3 Å². The van der Waals surface area contributed by atoms with E-state index in [0.29, 0.717) is 43.6 Å². The maximum atomic E-state index is 12.8. The normalized spacial score (nSPS) is 13.9. The number of carbonyl (C=O) groups is 1. The molecule has 1 aromatic heterocycles. The molecule has 10 heteroatoms. The van der Waals surface area contributed by atoms with E-state index in [1.165, 1.54) is 17.0 Å². The van der Waals surface area contributed by atoms with Crippen molar-refractivity contribution in [3.8, 4) is 17.4 Å². The summed E-state index contributed by atoms with van der Waals surface area (Å²) in [5.74, 6) is 0.296. The number of nitrogens with zero attached hydrogens (tertiary/aromatic N) is 2. The number of ether oxygens (including phenoxy) is 1. The molecule has 1 aliphatic carbocycles. The quantitative estimate of drug-likeness (QED) is 0.555. The number of phenols is 1. The molecule has 1 fully saturated rings. The Morgan fingerprint density at radius 2 is 2.03 bits per heavy atom. The highest BCUT2D eigenvalue weighted by atomic mass is 35.5. The van der Waals surface area contributed by atoms with Crippen LogP contribution in [0, 0.1) is 5.92 Å². The SMILES string of the molecule is O=C(O)N(CCCc1ccc(O)cc1Oc1ncc(C(F)(F)F)cc1Cl)CC1CC1. The summed E-state index contributed by atoms with van der Waals surface area (Å²) in [5.41, 5.74) is -0.359. The summed E-state index contributed by atoms with van der Waals surface area (Å²) in [4.78, 5) is 16.4. The molecule has 162 valence electrons. The molecular weight excluding hydrogens is 425 g/mol. The lowest BCUT2D eigenvalue weighted by molar-refractivity contribution is -0.137. The summed E-state index contributed by atoms with van der Waals surface area (Å²) < 4.78 is 43.9. The predicted molar refractivity (Wildman–Crippen MR) is 103 cm³/mol. The van der Waals surface area contributed by atoms with E-state index in [0.717, 1.165) is 18.9 Å². The average molecular weight is 445 g/mol. The Balaban J connectivity index is 1.70. The number of aromatic hydroxyl groups is 1. The fraction of sp³-hybridized carbons (Fsp3) is 0.400. The Labute approximate surface area is 175 Å². The van der Waals surface area contributed by atoms with Gasteiger partial charge in [0, 0.05) is 25.4 Å². The molecular formula is C20H20ClF3N2O4. The minimum absolute atomic E-state index is 0.0994. The van der Waals surface area contributed by atoms with Gasteiger partial charge in [0.2, 0.25) is 5.88 Å². The van der Waals surface area contributed by atoms with Gasteiger partial charge in [-0.25, -0.2) is 9.78 Å². The van der Waals surface area contributed by atoms with Crippen LogP contribution in [0.5, 0.6) is 17.4 Å². The molecule has 3 rings (SSSR count). The fourth-order valence-electron chi connectivity index (χ4n) is 2.94. The Kier molecular flexibility index (Phi) is 6.60. The van der Waals surface area contributed by atoms with Gasteiger partial charge < -0.3 is 19.8 Å². The molecule has 0 saturated heterocycles. The van der Waals surface area contributed by atoms with Crippen LogP contribution in [-0.2, 0) is 12.6 Å². The summed E-state index contributed by atoms with van der Waals surface area (Å²) in [6.45, 7) is 0.852. The third-order valence-electron chi connectivity index (χ3n) is 4.71. The molecule has 0 unspecified atom stereocenters. The number of phenolic OH excluding ortho intramolecular Hbond substituents is 1. The summed E-state index contributed by atoms with van der Waals surface area (Å²) in [6.07, 6.45) is -1.91. The molecule has 1 amide bonds. The summed E-state index contributed by atoms with van der Waals surface area (Å²) in [6, 6.07) is 5.08. The van der Waals surface area contributed by atoms with Gasteiger partial charge in [0.05, 0.1) is 5.56 Å². The lowest BCUT2D eigenvalue weighted by atomic mass is 10.1. The molecule has 0 spiro atoms. The zero-order valence-electron chi connectivity index (χ0n) is 15.8. The van der Waals surface area contributed by atoms with Crippen LogP contribution in [0.25, 0.3) is 0 Å². The molecule has 0 aliphatic heterocycles. The summed E-state index contributed by atoms with van der Waals surface area (Å²) in [5, 5.41) is 18.7. The fourth-order valence-corrected chi connectivity index (χ4v) is 3.15. The molecule has 1 heterocycles. The Morgan fingerprint density at radius 3 is 2.63 bits per heavy atom. The first-order valence-corrected chi connectivity index (χ1v) is 9.71. The molecule has 2 aromatic rings. The monoisotopic (exact) mass is 444 g/mol. The number of benzene rings is 1. The van der Waals surface area contributed by atoms with Crippen molar-refractivity contribution in [1.29, 1.82) is 0 Å². The first-order valence-electron chi connectivity index (χ1n) is 9.34. The number of aromatic nitrogens is 1. The smallest absolute Gasteiger partial charge is 0.417 e. The molecule has 1 aliphatic rings. The lowest BCUT2D eigenvalue weighted by Gasteiger charge is -2.19. The number of hydrogen-bond donors (Lipinski definition) is 2. The van der Waals surface area contributed by atoms with E-state index in [4.69, 9.17) is 16.3 Å². The maximum absolute atomic E-state index is 12.8. The van der Waals surface area contributed by atoms with Gasteiger partial charge >= 0.3 is 12.3 Å². The van der Waals surface area contributed by atoms with Crippen LogP contribution in [0.3, 0.4) is 0 Å². The minimum Gasteiger partial charge on any atom is -0.508 e. The van der Waals surface area contributed by atoms with Crippen molar-refractivity contribution in [2.24, 2.45) is 5.92 Å². The number of halogens is 4. The van der Waals surface area contributed by atoms with Crippen LogP contribution in [0.2, 0.25) is 5.02 Å². The number of pyridine rings is 1. The van der Waals surface area contributed by atoms with Crippen molar-refractivity contribution < 1.29 is 32.9 Å². The van der Waals surface area contributed by atoms with Crippen LogP contribution in [0.4, 0.5) is 18.0 Å². The van der Waals surface area contributed by atoms with E-state index >= 15 is 0 Å². The Hall–Kier alpha value is -2.68. The number of amides is 1. The lowest BCUT2D eigenvalue weighted by Crippen LogP contribution is -2.32. The minimum atomic E-state index is -4.58. The molecule has 1 saturated carbocycles. The number of aryl methyl sites for hydroxylation is 1. The highest BCUT2D eigenvalue weighted by Gasteiger charge is 2.32. The third kappa shape index (κ3) is 5.91. The van der Waals surface area contributed by atoms with E-state index in [-0.39, 0.29) is 22.4 Å². The van der Waals surface area contributed by atoms with Crippen molar-refractivity contribution in [3.63, 3.8) is 0 Å². The molecule has 0 bridgehead atoms. The Bertz CT molecular complexity index is 919. The average Bonchev–Trinajstić information content (AvgIpc) is 3.47. The van der Waals surface area contributed by atoms with Gasteiger partial charge in [-0.2, -0.15) is 13.2 Å². The van der Waals surface area contributed by atoms with E-state index in [9.17, 15) is 28.2 Å². The molecule has 6 nitrogen and oxygen atoms in total. The van der Waals surface area contributed by atoms with Crippen molar-refractivity contribution in [1.82, 2.24) is 9.88 Å². The third-order valence-corrected chi connectivity index (χ3v) is 4.98. The van der Waals surface area contributed by atoms with Crippen molar-refractivity contribution in [2.75, 3.05) is 13.1 Å². The van der Waals surface area contributed by atoms with E-state index in [1.807, 2.05) is 0 Å². The topological polar surface area (TPSA) is 82.9 Å². The molecule has 2 N–H and O–H groups in total. The van der Waals surface area contributed by atoms with Crippen LogP contribution < -0.4 is 4.74 Å². The van der Waals surface area contributed by atoms with Gasteiger partial charge in [0.15, 0.2) is 0 Å². The second-order valence-electron chi connectivity index (χ2n) is 7.18. The molecule has 30 heavy (non-hydrogen) atoms. The predicted octanol–water partition coefficient (Wildman–Crippen LogP) is 5.57. The second kappa shape index (κ2) is 8.99.